The smallest absolute Gasteiger partial charge is 0.339 e. The quantitative estimate of drug-likeness (QED) is 0.838. The molecule has 2 rings (SSSR count). The monoisotopic (exact) mass is 349 g/mol. The zero-order chi connectivity index (χ0) is 18.2. The molecule has 0 aliphatic rings. The average molecular weight is 350 g/mol. The molecule has 1 aromatic heterocycles. The Morgan fingerprint density at radius 2 is 1.83 bits per heavy atom. The van der Waals surface area contributed by atoms with Gasteiger partial charge in [0.25, 0.3) is 0 Å². The number of carboxylic acid groups (broad SMARTS) is 1. The van der Waals surface area contributed by atoms with Gasteiger partial charge in [0, 0.05) is 35.1 Å². The van der Waals surface area contributed by atoms with Crippen molar-refractivity contribution >= 4 is 23.5 Å². The lowest BCUT2D eigenvalue weighted by atomic mass is 9.97. The van der Waals surface area contributed by atoms with E-state index in [2.05, 4.69) is 0 Å². The molecule has 0 bridgehead atoms. The maximum atomic E-state index is 12.5. The van der Waals surface area contributed by atoms with Crippen molar-refractivity contribution in [2.75, 3.05) is 0 Å². The molecule has 0 fully saturated rings. The molecule has 0 saturated carbocycles. The highest BCUT2D eigenvalue weighted by Gasteiger charge is 2.25. The van der Waals surface area contributed by atoms with E-state index in [0.717, 1.165) is 0 Å². The van der Waals surface area contributed by atoms with Crippen molar-refractivity contribution in [2.24, 2.45) is 7.05 Å². The highest BCUT2D eigenvalue weighted by molar-refractivity contribution is 6.31. The summed E-state index contributed by atoms with van der Waals surface area (Å²) in [5.41, 5.74) is 1.24. The number of hydrogen-bond donors (Lipinski definition) is 1. The Morgan fingerprint density at radius 3 is 2.38 bits per heavy atom. The van der Waals surface area contributed by atoms with Gasteiger partial charge in [0.05, 0.1) is 11.1 Å². The van der Waals surface area contributed by atoms with Crippen LogP contribution in [-0.2, 0) is 11.8 Å². The standard InChI is InChI=1S/C18H20ClNO4/c1-10-15(16(21)22)14(9-20(10)5)13-8-11(19)6-7-12(13)17(23)24-18(2,3)4/h6-9H,1-5H3,(H,21,22). The first kappa shape index (κ1) is 18.1. The summed E-state index contributed by atoms with van der Waals surface area (Å²) in [7, 11) is 1.75. The van der Waals surface area contributed by atoms with Gasteiger partial charge in [-0.15, -0.1) is 0 Å². The van der Waals surface area contributed by atoms with Crippen LogP contribution >= 0.6 is 11.6 Å². The van der Waals surface area contributed by atoms with E-state index in [0.29, 0.717) is 21.8 Å². The van der Waals surface area contributed by atoms with Crippen LogP contribution in [0.25, 0.3) is 11.1 Å². The fraction of sp³-hybridized carbons (Fsp3) is 0.333. The predicted molar refractivity (Wildman–Crippen MR) is 92.7 cm³/mol. The fourth-order valence-electron chi connectivity index (χ4n) is 2.45. The fourth-order valence-corrected chi connectivity index (χ4v) is 2.62. The second kappa shape index (κ2) is 6.32. The highest BCUT2D eigenvalue weighted by Crippen LogP contribution is 2.33. The lowest BCUT2D eigenvalue weighted by Crippen LogP contribution is -2.24. The van der Waals surface area contributed by atoms with Crippen LogP contribution in [0.3, 0.4) is 0 Å². The minimum Gasteiger partial charge on any atom is -0.478 e. The van der Waals surface area contributed by atoms with Crippen molar-refractivity contribution in [3.63, 3.8) is 0 Å². The second-order valence-corrected chi connectivity index (χ2v) is 7.05. The van der Waals surface area contributed by atoms with Crippen molar-refractivity contribution in [1.29, 1.82) is 0 Å². The molecule has 24 heavy (non-hydrogen) atoms. The molecule has 0 unspecified atom stereocenters. The number of halogens is 1. The van der Waals surface area contributed by atoms with E-state index < -0.39 is 17.5 Å². The number of carbonyl (C=O) groups excluding carboxylic acids is 1. The van der Waals surface area contributed by atoms with Gasteiger partial charge in [0.2, 0.25) is 0 Å². The van der Waals surface area contributed by atoms with Crippen molar-refractivity contribution < 1.29 is 19.4 Å². The Labute approximate surface area is 145 Å². The van der Waals surface area contributed by atoms with Crippen LogP contribution in [-0.4, -0.2) is 27.2 Å². The summed E-state index contributed by atoms with van der Waals surface area (Å²) in [6, 6.07) is 4.72. The molecule has 1 N–H and O–H groups in total. The van der Waals surface area contributed by atoms with E-state index in [4.69, 9.17) is 16.3 Å². The van der Waals surface area contributed by atoms with Crippen molar-refractivity contribution in [3.05, 3.63) is 46.2 Å². The number of ether oxygens (including phenoxy) is 1. The Hall–Kier alpha value is -2.27. The third-order valence-electron chi connectivity index (χ3n) is 3.59. The van der Waals surface area contributed by atoms with Gasteiger partial charge in [-0.3, -0.25) is 0 Å². The van der Waals surface area contributed by atoms with Crippen LogP contribution in [0.1, 0.15) is 47.2 Å². The minimum absolute atomic E-state index is 0.143. The molecule has 1 aromatic carbocycles. The molecular formula is C18H20ClNO4. The summed E-state index contributed by atoms with van der Waals surface area (Å²) in [5.74, 6) is -1.58. The molecule has 0 amide bonds. The molecule has 6 heteroatoms. The van der Waals surface area contributed by atoms with Gasteiger partial charge in [-0.1, -0.05) is 11.6 Å². The maximum Gasteiger partial charge on any atom is 0.339 e. The molecule has 0 spiro atoms. The van der Waals surface area contributed by atoms with Crippen molar-refractivity contribution in [1.82, 2.24) is 4.57 Å². The number of nitrogens with zero attached hydrogens (tertiary/aromatic N) is 1. The van der Waals surface area contributed by atoms with E-state index in [1.165, 1.54) is 0 Å². The number of carbonyl (C=O) groups is 2. The second-order valence-electron chi connectivity index (χ2n) is 6.61. The van der Waals surface area contributed by atoms with Gasteiger partial charge >= 0.3 is 11.9 Å². The van der Waals surface area contributed by atoms with E-state index in [1.54, 1.807) is 63.7 Å². The molecule has 0 atom stereocenters. The van der Waals surface area contributed by atoms with Gasteiger partial charge in [0.15, 0.2) is 0 Å². The van der Waals surface area contributed by atoms with Crippen LogP contribution in [0, 0.1) is 6.92 Å². The summed E-state index contributed by atoms with van der Waals surface area (Å²) in [5, 5.41) is 9.96. The Bertz CT molecular complexity index is 815. The van der Waals surface area contributed by atoms with Crippen LogP contribution < -0.4 is 0 Å². The number of benzene rings is 1. The number of hydrogen-bond acceptors (Lipinski definition) is 3. The number of carboxylic acids is 1. The molecule has 5 nitrogen and oxygen atoms in total. The average Bonchev–Trinajstić information content (AvgIpc) is 2.72. The topological polar surface area (TPSA) is 68.5 Å². The van der Waals surface area contributed by atoms with Crippen LogP contribution in [0.15, 0.2) is 24.4 Å². The van der Waals surface area contributed by atoms with Crippen LogP contribution in [0.5, 0.6) is 0 Å². The number of esters is 1. The molecule has 0 radical (unpaired) electrons. The predicted octanol–water partition coefficient (Wildman–Crippen LogP) is 4.31. The highest BCUT2D eigenvalue weighted by atomic mass is 35.5. The van der Waals surface area contributed by atoms with Gasteiger partial charge in [-0.05, 0) is 45.9 Å². The first-order chi connectivity index (χ1) is 11.0. The summed E-state index contributed by atoms with van der Waals surface area (Å²) in [4.78, 5) is 24.2. The molecule has 0 aliphatic carbocycles. The molecule has 1 heterocycles. The lowest BCUT2D eigenvalue weighted by molar-refractivity contribution is 0.00701. The number of aryl methyl sites for hydroxylation is 1. The SMILES string of the molecule is Cc1c(C(=O)O)c(-c2cc(Cl)ccc2C(=O)OC(C)(C)C)cn1C. The first-order valence-electron chi connectivity index (χ1n) is 7.43. The minimum atomic E-state index is -1.06. The molecule has 2 aromatic rings. The van der Waals surface area contributed by atoms with Crippen LogP contribution in [0.4, 0.5) is 0 Å². The summed E-state index contributed by atoms with van der Waals surface area (Å²) in [6.45, 7) is 7.03. The van der Waals surface area contributed by atoms with Crippen molar-refractivity contribution in [3.8, 4) is 11.1 Å². The van der Waals surface area contributed by atoms with Gasteiger partial charge in [0.1, 0.15) is 5.60 Å². The Balaban J connectivity index is 2.68. The lowest BCUT2D eigenvalue weighted by Gasteiger charge is -2.20. The van der Waals surface area contributed by atoms with E-state index in [9.17, 15) is 14.7 Å². The largest absolute Gasteiger partial charge is 0.478 e. The normalized spacial score (nSPS) is 11.4. The molecule has 0 aliphatic heterocycles. The summed E-state index contributed by atoms with van der Waals surface area (Å²) >= 11 is 6.08. The van der Waals surface area contributed by atoms with Gasteiger partial charge < -0.3 is 14.4 Å². The van der Waals surface area contributed by atoms with Gasteiger partial charge in [-0.2, -0.15) is 0 Å². The van der Waals surface area contributed by atoms with E-state index in [-0.39, 0.29) is 11.1 Å². The van der Waals surface area contributed by atoms with E-state index in [1.807, 2.05) is 0 Å². The molecular weight excluding hydrogens is 330 g/mol. The van der Waals surface area contributed by atoms with E-state index >= 15 is 0 Å². The molecule has 0 saturated heterocycles. The third-order valence-corrected chi connectivity index (χ3v) is 3.82. The zero-order valence-electron chi connectivity index (χ0n) is 14.3. The Morgan fingerprint density at radius 1 is 1.21 bits per heavy atom. The summed E-state index contributed by atoms with van der Waals surface area (Å²) < 4.78 is 7.13. The zero-order valence-corrected chi connectivity index (χ0v) is 15.1. The van der Waals surface area contributed by atoms with Crippen LogP contribution in [0.2, 0.25) is 5.02 Å². The third kappa shape index (κ3) is 3.62. The first-order valence-corrected chi connectivity index (χ1v) is 7.81. The number of aromatic carboxylic acids is 1. The van der Waals surface area contributed by atoms with Crippen molar-refractivity contribution in [2.45, 2.75) is 33.3 Å². The van der Waals surface area contributed by atoms with Gasteiger partial charge in [-0.25, -0.2) is 9.59 Å². The summed E-state index contributed by atoms with van der Waals surface area (Å²) in [6.07, 6.45) is 1.68. The maximum absolute atomic E-state index is 12.5. The Kier molecular flexibility index (Phi) is 4.76. The number of rotatable bonds is 3. The molecule has 128 valence electrons. The number of aromatic nitrogens is 1.